The molecule has 6 heteroatoms. The number of ketones is 1. The Balaban J connectivity index is 2.46. The Bertz CT molecular complexity index is 1040. The smallest absolute Gasteiger partial charge is 0.330 e. The van der Waals surface area contributed by atoms with E-state index in [1.165, 1.54) is 26.4 Å². The van der Waals surface area contributed by atoms with E-state index in [1.54, 1.807) is 49.4 Å². The number of esters is 1. The molecule has 1 aromatic rings. The molecule has 1 atom stereocenters. The van der Waals surface area contributed by atoms with E-state index < -0.39 is 17.0 Å². The Morgan fingerprint density at radius 3 is 2.58 bits per heavy atom. The minimum Gasteiger partial charge on any atom is -0.495 e. The molecule has 0 amide bonds. The van der Waals surface area contributed by atoms with Crippen molar-refractivity contribution in [2.75, 3.05) is 14.2 Å². The van der Waals surface area contributed by atoms with Crippen LogP contribution >= 0.6 is 0 Å². The number of methoxy groups -OCH3 is 2. The Morgan fingerprint density at radius 1 is 1.26 bits per heavy atom. The Kier molecular flexibility index (Phi) is 7.37. The van der Waals surface area contributed by atoms with Crippen LogP contribution in [0.5, 0.6) is 5.75 Å². The van der Waals surface area contributed by atoms with Crippen molar-refractivity contribution in [3.63, 3.8) is 0 Å². The van der Waals surface area contributed by atoms with Crippen molar-refractivity contribution >= 4 is 17.8 Å². The van der Waals surface area contributed by atoms with Gasteiger partial charge in [-0.3, -0.25) is 4.79 Å². The van der Waals surface area contributed by atoms with E-state index >= 15 is 0 Å². The lowest BCUT2D eigenvalue weighted by molar-refractivity contribution is -0.134. The van der Waals surface area contributed by atoms with Gasteiger partial charge in [-0.05, 0) is 47.9 Å². The van der Waals surface area contributed by atoms with Crippen molar-refractivity contribution in [2.45, 2.75) is 32.8 Å². The minimum atomic E-state index is -1.45. The zero-order valence-corrected chi connectivity index (χ0v) is 18.4. The molecule has 0 spiro atoms. The first kappa shape index (κ1) is 23.8. The van der Waals surface area contributed by atoms with Gasteiger partial charge in [0.2, 0.25) is 0 Å². The second-order valence-electron chi connectivity index (χ2n) is 8.04. The molecule has 1 N–H and O–H groups in total. The van der Waals surface area contributed by atoms with Gasteiger partial charge in [0.05, 0.1) is 19.8 Å². The average molecular weight is 421 g/mol. The lowest BCUT2D eigenvalue weighted by Crippen LogP contribution is -2.48. The molecule has 1 aliphatic carbocycles. The lowest BCUT2D eigenvalue weighted by Gasteiger charge is -2.44. The van der Waals surface area contributed by atoms with Crippen LogP contribution in [0.15, 0.2) is 59.7 Å². The normalized spacial score (nSPS) is 21.1. The Morgan fingerprint density at radius 2 is 1.97 bits per heavy atom. The van der Waals surface area contributed by atoms with Crippen LogP contribution in [0.2, 0.25) is 0 Å². The van der Waals surface area contributed by atoms with Gasteiger partial charge in [0.1, 0.15) is 17.4 Å². The second kappa shape index (κ2) is 9.59. The number of allylic oxidation sites excluding steroid dienone is 3. The number of rotatable bonds is 6. The lowest BCUT2D eigenvalue weighted by atomic mass is 9.64. The number of hydrogen-bond acceptors (Lipinski definition) is 6. The van der Waals surface area contributed by atoms with E-state index in [0.717, 1.165) is 5.56 Å². The van der Waals surface area contributed by atoms with Crippen molar-refractivity contribution in [3.8, 4) is 11.8 Å². The maximum absolute atomic E-state index is 12.3. The highest BCUT2D eigenvalue weighted by Crippen LogP contribution is 2.45. The van der Waals surface area contributed by atoms with Gasteiger partial charge in [-0.2, -0.15) is 5.26 Å². The first-order valence-corrected chi connectivity index (χ1v) is 9.75. The predicted molar refractivity (Wildman–Crippen MR) is 118 cm³/mol. The molecular formula is C25H27NO5. The molecule has 0 unspecified atom stereocenters. The largest absolute Gasteiger partial charge is 0.495 e. The van der Waals surface area contributed by atoms with Crippen LogP contribution in [0.4, 0.5) is 0 Å². The summed E-state index contributed by atoms with van der Waals surface area (Å²) in [5.41, 5.74) is -0.0966. The van der Waals surface area contributed by atoms with E-state index in [4.69, 9.17) is 4.74 Å². The summed E-state index contributed by atoms with van der Waals surface area (Å²) in [6.45, 7) is 5.35. The predicted octanol–water partition coefficient (Wildman–Crippen LogP) is 3.91. The number of hydrogen-bond donors (Lipinski definition) is 1. The van der Waals surface area contributed by atoms with Crippen LogP contribution in [-0.2, 0) is 14.3 Å². The summed E-state index contributed by atoms with van der Waals surface area (Å²) >= 11 is 0. The molecule has 0 saturated carbocycles. The van der Waals surface area contributed by atoms with Gasteiger partial charge in [0.15, 0.2) is 5.78 Å². The van der Waals surface area contributed by atoms with Gasteiger partial charge in [0, 0.05) is 17.9 Å². The van der Waals surface area contributed by atoms with Crippen molar-refractivity contribution < 1.29 is 24.2 Å². The first-order chi connectivity index (χ1) is 14.6. The van der Waals surface area contributed by atoms with Crippen LogP contribution < -0.4 is 4.74 Å². The molecule has 0 fully saturated rings. The molecule has 6 nitrogen and oxygen atoms in total. The fourth-order valence-electron chi connectivity index (χ4n) is 3.44. The van der Waals surface area contributed by atoms with Gasteiger partial charge in [-0.15, -0.1) is 0 Å². The highest BCUT2D eigenvalue weighted by molar-refractivity contribution is 5.94. The second-order valence-corrected chi connectivity index (χ2v) is 8.04. The van der Waals surface area contributed by atoms with Crippen molar-refractivity contribution in [2.24, 2.45) is 5.41 Å². The van der Waals surface area contributed by atoms with Crippen LogP contribution in [0.3, 0.4) is 0 Å². The quantitative estimate of drug-likeness (QED) is 0.425. The molecule has 0 aliphatic heterocycles. The third-order valence-electron chi connectivity index (χ3n) is 5.34. The Labute approximate surface area is 182 Å². The van der Waals surface area contributed by atoms with Crippen LogP contribution in [0, 0.1) is 16.7 Å². The van der Waals surface area contributed by atoms with Gasteiger partial charge in [0.25, 0.3) is 0 Å². The fraction of sp³-hybridized carbons (Fsp3) is 0.320. The molecule has 162 valence electrons. The number of aliphatic hydroxyl groups is 1. The maximum Gasteiger partial charge on any atom is 0.330 e. The van der Waals surface area contributed by atoms with Crippen LogP contribution in [-0.4, -0.2) is 36.7 Å². The van der Waals surface area contributed by atoms with Crippen molar-refractivity contribution in [1.29, 1.82) is 5.26 Å². The first-order valence-electron chi connectivity index (χ1n) is 9.75. The van der Waals surface area contributed by atoms with E-state index in [0.29, 0.717) is 22.5 Å². The summed E-state index contributed by atoms with van der Waals surface area (Å²) in [5, 5.41) is 20.9. The molecule has 1 aromatic carbocycles. The number of nitrogens with zero attached hydrogens (tertiary/aromatic N) is 1. The number of ether oxygens (including phenoxy) is 2. The molecule has 31 heavy (non-hydrogen) atoms. The van der Waals surface area contributed by atoms with Gasteiger partial charge < -0.3 is 14.6 Å². The summed E-state index contributed by atoms with van der Waals surface area (Å²) in [5.74, 6) is -0.104. The highest BCUT2D eigenvalue weighted by Gasteiger charge is 2.47. The summed E-state index contributed by atoms with van der Waals surface area (Å²) in [7, 11) is 2.79. The van der Waals surface area contributed by atoms with E-state index in [-0.39, 0.29) is 12.2 Å². The molecule has 1 aliphatic rings. The average Bonchev–Trinajstić information content (AvgIpc) is 2.73. The van der Waals surface area contributed by atoms with E-state index in [1.807, 2.05) is 13.8 Å². The van der Waals surface area contributed by atoms with E-state index in [9.17, 15) is 20.0 Å². The van der Waals surface area contributed by atoms with Gasteiger partial charge >= 0.3 is 5.97 Å². The van der Waals surface area contributed by atoms with Gasteiger partial charge in [-0.1, -0.05) is 38.1 Å². The molecule has 0 heterocycles. The molecule has 0 aromatic heterocycles. The molecule has 0 radical (unpaired) electrons. The number of benzene rings is 1. The summed E-state index contributed by atoms with van der Waals surface area (Å²) < 4.78 is 9.79. The minimum absolute atomic E-state index is 0.0861. The maximum atomic E-state index is 12.3. The van der Waals surface area contributed by atoms with Crippen LogP contribution in [0.25, 0.3) is 6.08 Å². The highest BCUT2D eigenvalue weighted by atomic mass is 16.5. The molecule has 2 rings (SSSR count). The fourth-order valence-corrected chi connectivity index (χ4v) is 3.44. The third kappa shape index (κ3) is 5.39. The summed E-state index contributed by atoms with van der Waals surface area (Å²) in [4.78, 5) is 23.8. The zero-order valence-electron chi connectivity index (χ0n) is 18.4. The molecule has 0 saturated heterocycles. The molecule has 0 bridgehead atoms. The van der Waals surface area contributed by atoms with Gasteiger partial charge in [-0.25, -0.2) is 4.79 Å². The summed E-state index contributed by atoms with van der Waals surface area (Å²) in [6, 6.07) is 7.23. The number of carbonyl (C=O) groups excluding carboxylic acids is 2. The van der Waals surface area contributed by atoms with Crippen molar-refractivity contribution in [3.05, 3.63) is 70.9 Å². The monoisotopic (exact) mass is 421 g/mol. The van der Waals surface area contributed by atoms with Crippen LogP contribution in [0.1, 0.15) is 38.3 Å². The SMILES string of the molecule is COC(=O)/C=C(C)\C=C\[C@@]1(O)C(/C=C/c2ccc(OC)c(C#N)c2)=CC(=O)CC1(C)C. The van der Waals surface area contributed by atoms with Crippen molar-refractivity contribution in [1.82, 2.24) is 0 Å². The van der Waals surface area contributed by atoms with E-state index in [2.05, 4.69) is 10.8 Å². The summed E-state index contributed by atoms with van der Waals surface area (Å²) in [6.07, 6.45) is 9.56. The number of nitriles is 1. The molecular weight excluding hydrogens is 394 g/mol. The zero-order chi connectivity index (χ0) is 23.2. The standard InChI is InChI=1S/C25H27NO5/c1-17(12-23(28)31-5)10-11-25(29)20(14-21(27)15-24(25,2)3)8-6-18-7-9-22(30-4)19(13-18)16-26/h6-14,29H,15H2,1-5H3/b8-6+,11-10+,17-12-/t25-/m1/s1. The topological polar surface area (TPSA) is 96.6 Å². The number of carbonyl (C=O) groups is 2. The third-order valence-corrected chi connectivity index (χ3v) is 5.34. The Hall–Kier alpha value is -3.43.